The molecule has 2 fully saturated rings. The minimum Gasteiger partial charge on any atom is -0.383 e. The molecule has 9 nitrogen and oxygen atoms in total. The van der Waals surface area contributed by atoms with Gasteiger partial charge in [-0.15, -0.1) is 0 Å². The van der Waals surface area contributed by atoms with E-state index in [0.717, 1.165) is 18.8 Å². The predicted octanol–water partition coefficient (Wildman–Crippen LogP) is 4.11. The van der Waals surface area contributed by atoms with Gasteiger partial charge in [0.25, 0.3) is 0 Å². The van der Waals surface area contributed by atoms with Gasteiger partial charge in [-0.25, -0.2) is 19.3 Å². The number of benzene rings is 1. The number of halogens is 5. The van der Waals surface area contributed by atoms with E-state index in [1.807, 2.05) is 0 Å². The highest BCUT2D eigenvalue weighted by Crippen LogP contribution is 2.48. The molecule has 38 heavy (non-hydrogen) atoms. The summed E-state index contributed by atoms with van der Waals surface area (Å²) in [7, 11) is 0. The van der Waals surface area contributed by atoms with Crippen LogP contribution in [0, 0.1) is 11.7 Å². The summed E-state index contributed by atoms with van der Waals surface area (Å²) in [5.41, 5.74) is 4.51. The third-order valence-electron chi connectivity index (χ3n) is 7.00. The molecule has 3 N–H and O–H groups in total. The van der Waals surface area contributed by atoms with E-state index in [9.17, 15) is 22.8 Å². The van der Waals surface area contributed by atoms with Crippen LogP contribution in [-0.4, -0.2) is 48.3 Å². The molecule has 6 rings (SSSR count). The van der Waals surface area contributed by atoms with E-state index in [1.54, 1.807) is 18.2 Å². The number of carbonyl (C=O) groups excluding carboxylic acids is 2. The lowest BCUT2D eigenvalue weighted by atomic mass is 10.1. The third-order valence-corrected chi connectivity index (χ3v) is 7.44. The van der Waals surface area contributed by atoms with Crippen molar-refractivity contribution in [2.75, 3.05) is 11.1 Å². The standard InChI is InChI=1S/C24H18BrF4N7O2/c25-16-2-1-3-17(33-16)34-23(38)15-5-10-4-14(10)36(15)18(37)8-35-20-12(19-21(30)31-9-32-22(19)35)6-11(7-13(20)26)24(27,28)29/h1-3,6-7,9-10,14-15H,4-5,8H2,(H2,30,31,32)(H,33,34,38)/t10-,14-,15+/m1/s1. The van der Waals surface area contributed by atoms with E-state index in [2.05, 4.69) is 36.2 Å². The zero-order valence-corrected chi connectivity index (χ0v) is 20.9. The topological polar surface area (TPSA) is 119 Å². The van der Waals surface area contributed by atoms with Crippen molar-refractivity contribution in [1.29, 1.82) is 0 Å². The number of likely N-dealkylation sites (tertiary alicyclic amines) is 1. The Morgan fingerprint density at radius 2 is 1.97 bits per heavy atom. The maximum atomic E-state index is 15.2. The molecule has 1 aliphatic carbocycles. The van der Waals surface area contributed by atoms with Gasteiger partial charge >= 0.3 is 6.18 Å². The highest BCUT2D eigenvalue weighted by molar-refractivity contribution is 9.10. The number of fused-ring (bicyclic) bond motifs is 4. The summed E-state index contributed by atoms with van der Waals surface area (Å²) in [6.45, 7) is -0.457. The molecule has 14 heteroatoms. The number of pyridine rings is 1. The third kappa shape index (κ3) is 4.03. The van der Waals surface area contributed by atoms with E-state index in [4.69, 9.17) is 5.73 Å². The number of nitrogens with two attached hydrogens (primary N) is 1. The molecule has 4 aromatic rings. The lowest BCUT2D eigenvalue weighted by Gasteiger charge is -2.27. The number of nitrogen functional groups attached to an aromatic ring is 1. The Kier molecular flexibility index (Phi) is 5.56. The number of hydrogen-bond acceptors (Lipinski definition) is 6. The number of nitrogens with one attached hydrogen (secondary N) is 1. The van der Waals surface area contributed by atoms with Crippen molar-refractivity contribution in [3.8, 4) is 0 Å². The van der Waals surface area contributed by atoms with Crippen molar-refractivity contribution >= 4 is 61.3 Å². The van der Waals surface area contributed by atoms with Crippen LogP contribution in [-0.2, 0) is 22.3 Å². The molecule has 196 valence electrons. The zero-order chi connectivity index (χ0) is 26.9. The minimum atomic E-state index is -4.80. The van der Waals surface area contributed by atoms with Gasteiger partial charge in [0, 0.05) is 11.4 Å². The fourth-order valence-corrected chi connectivity index (χ4v) is 5.64. The largest absolute Gasteiger partial charge is 0.416 e. The van der Waals surface area contributed by atoms with Crippen molar-refractivity contribution in [3.63, 3.8) is 0 Å². The molecule has 3 atom stereocenters. The first-order valence-electron chi connectivity index (χ1n) is 11.6. The quantitative estimate of drug-likeness (QED) is 0.272. The van der Waals surface area contributed by atoms with Crippen molar-refractivity contribution in [1.82, 2.24) is 24.4 Å². The Balaban J connectivity index is 1.37. The number of rotatable bonds is 4. The first-order chi connectivity index (χ1) is 18.0. The molecule has 0 unspecified atom stereocenters. The second kappa shape index (κ2) is 8.61. The number of aromatic nitrogens is 4. The van der Waals surface area contributed by atoms with Crippen molar-refractivity contribution in [2.45, 2.75) is 37.6 Å². The average Bonchev–Trinajstić information content (AvgIpc) is 3.38. The molecular formula is C24H18BrF4N7O2. The van der Waals surface area contributed by atoms with Gasteiger partial charge in [-0.05, 0) is 59.0 Å². The van der Waals surface area contributed by atoms with E-state index in [0.29, 0.717) is 22.9 Å². The van der Waals surface area contributed by atoms with E-state index >= 15 is 4.39 Å². The molecule has 2 amide bonds. The summed E-state index contributed by atoms with van der Waals surface area (Å²) in [6.07, 6.45) is -2.52. The monoisotopic (exact) mass is 591 g/mol. The van der Waals surface area contributed by atoms with Gasteiger partial charge in [0.1, 0.15) is 46.6 Å². The highest BCUT2D eigenvalue weighted by atomic mass is 79.9. The Morgan fingerprint density at radius 3 is 2.71 bits per heavy atom. The number of nitrogens with zero attached hydrogens (tertiary/aromatic N) is 5. The summed E-state index contributed by atoms with van der Waals surface area (Å²) < 4.78 is 57.2. The maximum Gasteiger partial charge on any atom is 0.416 e. The smallest absolute Gasteiger partial charge is 0.383 e. The number of alkyl halides is 3. The molecule has 2 aliphatic rings. The van der Waals surface area contributed by atoms with E-state index in [-0.39, 0.29) is 39.7 Å². The zero-order valence-electron chi connectivity index (χ0n) is 19.3. The van der Waals surface area contributed by atoms with Crippen LogP contribution in [0.3, 0.4) is 0 Å². The second-order valence-electron chi connectivity index (χ2n) is 9.35. The fraction of sp³-hybridized carbons (Fsp3) is 0.292. The number of piperidine rings is 1. The van der Waals surface area contributed by atoms with E-state index in [1.165, 1.54) is 9.47 Å². The summed E-state index contributed by atoms with van der Waals surface area (Å²) in [6, 6.07) is 5.25. The minimum absolute atomic E-state index is 0.0149. The molecule has 1 aromatic carbocycles. The van der Waals surface area contributed by atoms with Crippen LogP contribution in [0.4, 0.5) is 29.2 Å². The Morgan fingerprint density at radius 1 is 1.18 bits per heavy atom. The lowest BCUT2D eigenvalue weighted by Crippen LogP contribution is -2.46. The molecule has 0 bridgehead atoms. The van der Waals surface area contributed by atoms with Gasteiger partial charge in [-0.2, -0.15) is 13.2 Å². The van der Waals surface area contributed by atoms with Gasteiger partial charge in [0.05, 0.1) is 16.5 Å². The van der Waals surface area contributed by atoms with Crippen LogP contribution in [0.25, 0.3) is 21.9 Å². The van der Waals surface area contributed by atoms with Crippen molar-refractivity contribution in [3.05, 3.63) is 52.6 Å². The Bertz CT molecular complexity index is 1640. The van der Waals surface area contributed by atoms with Crippen molar-refractivity contribution in [2.24, 2.45) is 5.92 Å². The van der Waals surface area contributed by atoms with E-state index < -0.39 is 42.0 Å². The first-order valence-corrected chi connectivity index (χ1v) is 12.4. The normalized spacial score (nSPS) is 20.7. The fourth-order valence-electron chi connectivity index (χ4n) is 5.29. The highest BCUT2D eigenvalue weighted by Gasteiger charge is 2.56. The summed E-state index contributed by atoms with van der Waals surface area (Å²) in [5, 5.41) is 2.58. The SMILES string of the molecule is Nc1ncnc2c1c1cc(C(F)(F)F)cc(F)c1n2CC(=O)N1[C@@H]2C[C@@H]2C[C@H]1C(=O)Nc1cccc(Br)n1. The lowest BCUT2D eigenvalue weighted by molar-refractivity contribution is -0.138. The van der Waals surface area contributed by atoms with Gasteiger partial charge in [0.15, 0.2) is 0 Å². The molecule has 0 radical (unpaired) electrons. The predicted molar refractivity (Wildman–Crippen MR) is 132 cm³/mol. The molecule has 0 spiro atoms. The Hall–Kier alpha value is -3.81. The average molecular weight is 592 g/mol. The molecule has 1 saturated heterocycles. The van der Waals surface area contributed by atoms with Gasteiger partial charge in [0.2, 0.25) is 11.8 Å². The molecule has 3 aromatic heterocycles. The number of amides is 2. The molecular weight excluding hydrogens is 574 g/mol. The molecule has 1 aliphatic heterocycles. The number of carbonyl (C=O) groups is 2. The first kappa shape index (κ1) is 24.5. The van der Waals surface area contributed by atoms with Crippen LogP contribution < -0.4 is 11.1 Å². The Labute approximate surface area is 220 Å². The van der Waals surface area contributed by atoms with Crippen LogP contribution in [0.1, 0.15) is 18.4 Å². The number of hydrogen-bond donors (Lipinski definition) is 2. The van der Waals surface area contributed by atoms with Crippen LogP contribution >= 0.6 is 15.9 Å². The summed E-state index contributed by atoms with van der Waals surface area (Å²) in [5.74, 6) is -1.76. The maximum absolute atomic E-state index is 15.2. The van der Waals surface area contributed by atoms with Crippen LogP contribution in [0.5, 0.6) is 0 Å². The van der Waals surface area contributed by atoms with Gasteiger partial charge in [-0.3, -0.25) is 9.59 Å². The molecule has 1 saturated carbocycles. The second-order valence-corrected chi connectivity index (χ2v) is 10.2. The summed E-state index contributed by atoms with van der Waals surface area (Å²) in [4.78, 5) is 40.3. The molecule has 4 heterocycles. The summed E-state index contributed by atoms with van der Waals surface area (Å²) >= 11 is 3.24. The van der Waals surface area contributed by atoms with Crippen LogP contribution in [0.15, 0.2) is 41.3 Å². The number of anilines is 2. The van der Waals surface area contributed by atoms with Crippen LogP contribution in [0.2, 0.25) is 0 Å². The van der Waals surface area contributed by atoms with Gasteiger partial charge < -0.3 is 20.5 Å². The van der Waals surface area contributed by atoms with Crippen molar-refractivity contribution < 1.29 is 27.2 Å². The van der Waals surface area contributed by atoms with Gasteiger partial charge in [-0.1, -0.05) is 6.07 Å².